The monoisotopic (exact) mass is 345 g/mol. The molecule has 1 saturated carbocycles. The highest BCUT2D eigenvalue weighted by molar-refractivity contribution is 5.90. The minimum absolute atomic E-state index is 0.0924. The second-order valence-electron chi connectivity index (χ2n) is 7.65. The number of carboxylic acids is 1. The molecule has 5 heteroatoms. The summed E-state index contributed by atoms with van der Waals surface area (Å²) in [6, 6.07) is 8.21. The molecule has 0 bridgehead atoms. The van der Waals surface area contributed by atoms with Crippen LogP contribution >= 0.6 is 0 Å². The van der Waals surface area contributed by atoms with Crippen LogP contribution in [0.1, 0.15) is 43.2 Å². The Hall–Kier alpha value is -1.88. The summed E-state index contributed by atoms with van der Waals surface area (Å²) in [5, 5.41) is 9.66. The second-order valence-corrected chi connectivity index (χ2v) is 7.65. The lowest BCUT2D eigenvalue weighted by molar-refractivity contribution is -0.152. The van der Waals surface area contributed by atoms with Crippen molar-refractivity contribution >= 4 is 11.9 Å². The summed E-state index contributed by atoms with van der Waals surface area (Å²) in [6.45, 7) is 2.91. The van der Waals surface area contributed by atoms with E-state index in [1.165, 1.54) is 7.11 Å². The van der Waals surface area contributed by atoms with Gasteiger partial charge in [-0.3, -0.25) is 9.59 Å². The third-order valence-electron chi connectivity index (χ3n) is 5.95. The van der Waals surface area contributed by atoms with Gasteiger partial charge in [0.2, 0.25) is 5.91 Å². The molecule has 136 valence electrons. The van der Waals surface area contributed by atoms with Crippen LogP contribution in [-0.2, 0) is 19.7 Å². The summed E-state index contributed by atoms with van der Waals surface area (Å²) in [7, 11) is 1.51. The van der Waals surface area contributed by atoms with E-state index in [1.54, 1.807) is 4.90 Å². The first kappa shape index (κ1) is 17.9. The molecule has 1 heterocycles. The molecule has 5 nitrogen and oxygen atoms in total. The van der Waals surface area contributed by atoms with E-state index in [4.69, 9.17) is 4.74 Å². The minimum Gasteiger partial charge on any atom is -0.481 e. The number of amides is 1. The molecular formula is C20H27NO4. The van der Waals surface area contributed by atoms with Crippen LogP contribution in [0.5, 0.6) is 0 Å². The number of carbonyl (C=O) groups excluding carboxylic acids is 1. The number of aliphatic carboxylic acids is 1. The van der Waals surface area contributed by atoms with E-state index in [2.05, 4.69) is 6.07 Å². The smallest absolute Gasteiger partial charge is 0.313 e. The van der Waals surface area contributed by atoms with E-state index in [0.29, 0.717) is 13.0 Å². The van der Waals surface area contributed by atoms with Crippen LogP contribution < -0.4 is 0 Å². The van der Waals surface area contributed by atoms with Crippen molar-refractivity contribution < 1.29 is 19.4 Å². The molecule has 1 aliphatic heterocycles. The maximum atomic E-state index is 13.5. The van der Waals surface area contributed by atoms with Crippen LogP contribution in [0.25, 0.3) is 0 Å². The standard InChI is InChI=1S/C20H27NO4/c1-15-6-5-7-16(12-15)20(8-3-4-9-20)17(22)21-11-10-19(13-21,14-25-2)18(23)24/h5-7,12H,3-4,8-11,13-14H2,1-2H3,(H,23,24). The highest BCUT2D eigenvalue weighted by Crippen LogP contribution is 2.44. The maximum absolute atomic E-state index is 13.5. The van der Waals surface area contributed by atoms with Gasteiger partial charge in [-0.2, -0.15) is 0 Å². The van der Waals surface area contributed by atoms with Crippen molar-refractivity contribution in [2.75, 3.05) is 26.8 Å². The van der Waals surface area contributed by atoms with Crippen LogP contribution in [0.15, 0.2) is 24.3 Å². The third kappa shape index (κ3) is 3.06. The van der Waals surface area contributed by atoms with Crippen molar-refractivity contribution in [3.63, 3.8) is 0 Å². The Balaban J connectivity index is 1.89. The predicted octanol–water partition coefficient (Wildman–Crippen LogP) is 2.76. The highest BCUT2D eigenvalue weighted by Gasteiger charge is 2.51. The van der Waals surface area contributed by atoms with E-state index in [1.807, 2.05) is 25.1 Å². The third-order valence-corrected chi connectivity index (χ3v) is 5.95. The van der Waals surface area contributed by atoms with Crippen LogP contribution in [0.2, 0.25) is 0 Å². The number of nitrogens with zero attached hydrogens (tertiary/aromatic N) is 1. The van der Waals surface area contributed by atoms with Crippen LogP contribution in [0, 0.1) is 12.3 Å². The zero-order valence-corrected chi connectivity index (χ0v) is 15.1. The fraction of sp³-hybridized carbons (Fsp3) is 0.600. The summed E-state index contributed by atoms with van der Waals surface area (Å²) in [6.07, 6.45) is 4.21. The van der Waals surface area contributed by atoms with E-state index in [0.717, 1.165) is 36.8 Å². The van der Waals surface area contributed by atoms with Crippen molar-refractivity contribution in [3.8, 4) is 0 Å². The summed E-state index contributed by atoms with van der Waals surface area (Å²) >= 11 is 0. The average Bonchev–Trinajstić information content (AvgIpc) is 3.23. The van der Waals surface area contributed by atoms with Gasteiger partial charge in [0.15, 0.2) is 0 Å². The molecule has 2 fully saturated rings. The van der Waals surface area contributed by atoms with E-state index >= 15 is 0 Å². The topological polar surface area (TPSA) is 66.8 Å². The van der Waals surface area contributed by atoms with Gasteiger partial charge in [-0.05, 0) is 31.7 Å². The number of benzene rings is 1. The molecule has 1 saturated heterocycles. The Bertz CT molecular complexity index is 665. The van der Waals surface area contributed by atoms with Gasteiger partial charge in [-0.1, -0.05) is 42.7 Å². The fourth-order valence-electron chi connectivity index (χ4n) is 4.53. The van der Waals surface area contributed by atoms with Gasteiger partial charge in [0, 0.05) is 20.2 Å². The first-order valence-electron chi connectivity index (χ1n) is 9.02. The quantitative estimate of drug-likeness (QED) is 0.891. The number of carbonyl (C=O) groups is 2. The van der Waals surface area contributed by atoms with Gasteiger partial charge in [-0.15, -0.1) is 0 Å². The Morgan fingerprint density at radius 3 is 2.56 bits per heavy atom. The van der Waals surface area contributed by atoms with Crippen molar-refractivity contribution in [2.45, 2.75) is 44.4 Å². The van der Waals surface area contributed by atoms with Gasteiger partial charge in [0.05, 0.1) is 12.0 Å². The molecule has 0 aromatic heterocycles. The molecule has 1 unspecified atom stereocenters. The molecule has 25 heavy (non-hydrogen) atoms. The van der Waals surface area contributed by atoms with E-state index in [-0.39, 0.29) is 19.1 Å². The Labute approximate surface area is 149 Å². The molecule has 1 aliphatic carbocycles. The first-order valence-corrected chi connectivity index (χ1v) is 9.02. The zero-order valence-electron chi connectivity index (χ0n) is 15.1. The number of rotatable bonds is 5. The minimum atomic E-state index is -0.975. The van der Waals surface area contributed by atoms with Crippen LogP contribution in [-0.4, -0.2) is 48.7 Å². The molecule has 0 radical (unpaired) electrons. The van der Waals surface area contributed by atoms with Crippen molar-refractivity contribution in [1.29, 1.82) is 0 Å². The molecular weight excluding hydrogens is 318 g/mol. The molecule has 1 amide bonds. The van der Waals surface area contributed by atoms with Crippen molar-refractivity contribution in [2.24, 2.45) is 5.41 Å². The van der Waals surface area contributed by atoms with Gasteiger partial charge in [0.25, 0.3) is 0 Å². The zero-order chi connectivity index (χ0) is 18.1. The molecule has 1 aromatic carbocycles. The van der Waals surface area contributed by atoms with Crippen LogP contribution in [0.4, 0.5) is 0 Å². The Morgan fingerprint density at radius 2 is 1.96 bits per heavy atom. The van der Waals surface area contributed by atoms with Gasteiger partial charge < -0.3 is 14.7 Å². The molecule has 1 atom stereocenters. The number of hydrogen-bond donors (Lipinski definition) is 1. The fourth-order valence-corrected chi connectivity index (χ4v) is 4.53. The number of ether oxygens (including phenoxy) is 1. The summed E-state index contributed by atoms with van der Waals surface area (Å²) < 4.78 is 5.15. The Morgan fingerprint density at radius 1 is 1.24 bits per heavy atom. The van der Waals surface area contributed by atoms with E-state index < -0.39 is 16.8 Å². The number of hydrogen-bond acceptors (Lipinski definition) is 3. The van der Waals surface area contributed by atoms with Gasteiger partial charge in [0.1, 0.15) is 5.41 Å². The number of methoxy groups -OCH3 is 1. The average molecular weight is 345 g/mol. The maximum Gasteiger partial charge on any atom is 0.313 e. The van der Waals surface area contributed by atoms with Gasteiger partial charge >= 0.3 is 5.97 Å². The number of likely N-dealkylation sites (tertiary alicyclic amines) is 1. The molecule has 2 aliphatic rings. The molecule has 1 aromatic rings. The number of carboxylic acid groups (broad SMARTS) is 1. The lowest BCUT2D eigenvalue weighted by atomic mass is 9.77. The summed E-state index contributed by atoms with van der Waals surface area (Å²) in [4.78, 5) is 27.0. The summed E-state index contributed by atoms with van der Waals surface area (Å²) in [5.74, 6) is -0.782. The summed E-state index contributed by atoms with van der Waals surface area (Å²) in [5.41, 5.74) is 0.761. The molecule has 1 N–H and O–H groups in total. The normalized spacial score (nSPS) is 25.3. The lowest BCUT2D eigenvalue weighted by Crippen LogP contribution is -2.47. The first-order chi connectivity index (χ1) is 11.9. The Kier molecular flexibility index (Phi) is 4.87. The largest absolute Gasteiger partial charge is 0.481 e. The SMILES string of the molecule is COCC1(C(=O)O)CCN(C(=O)C2(c3cccc(C)c3)CCCC2)C1. The second kappa shape index (κ2) is 6.79. The van der Waals surface area contributed by atoms with Gasteiger partial charge in [-0.25, -0.2) is 0 Å². The van der Waals surface area contributed by atoms with Crippen molar-refractivity contribution in [1.82, 2.24) is 4.90 Å². The van der Waals surface area contributed by atoms with Crippen molar-refractivity contribution in [3.05, 3.63) is 35.4 Å². The number of aryl methyl sites for hydroxylation is 1. The van der Waals surface area contributed by atoms with E-state index in [9.17, 15) is 14.7 Å². The highest BCUT2D eigenvalue weighted by atomic mass is 16.5. The molecule has 0 spiro atoms. The van der Waals surface area contributed by atoms with Crippen LogP contribution in [0.3, 0.4) is 0 Å². The predicted molar refractivity (Wildman–Crippen MR) is 94.5 cm³/mol. The molecule has 3 rings (SSSR count). The lowest BCUT2D eigenvalue weighted by Gasteiger charge is -2.34.